The normalized spacial score (nSPS) is 11.4. The largest absolute Gasteiger partial charge is 0.278 e. The molecule has 98 valence electrons. The molecule has 0 atom stereocenters. The molecule has 0 bridgehead atoms. The zero-order valence-corrected chi connectivity index (χ0v) is 12.1. The molecule has 6 heteroatoms. The summed E-state index contributed by atoms with van der Waals surface area (Å²) in [6, 6.07) is 7.62. The fourth-order valence-electron chi connectivity index (χ4n) is 2.10. The van der Waals surface area contributed by atoms with Crippen molar-refractivity contribution in [1.82, 2.24) is 19.3 Å². The van der Waals surface area contributed by atoms with E-state index in [1.54, 1.807) is 0 Å². The smallest absolute Gasteiger partial charge is 0.160 e. The van der Waals surface area contributed by atoms with Crippen LogP contribution in [0.5, 0.6) is 0 Å². The average molecular weight is 295 g/mol. The molecule has 0 aliphatic carbocycles. The van der Waals surface area contributed by atoms with E-state index >= 15 is 0 Å². The van der Waals surface area contributed by atoms with Crippen molar-refractivity contribution in [2.24, 2.45) is 7.05 Å². The van der Waals surface area contributed by atoms with E-state index in [-0.39, 0.29) is 0 Å². The Morgan fingerprint density at radius 1 is 1.26 bits per heavy atom. The van der Waals surface area contributed by atoms with Gasteiger partial charge in [-0.1, -0.05) is 11.6 Å². The molecule has 0 saturated heterocycles. The average Bonchev–Trinajstić information content (AvgIpc) is 2.89. The third kappa shape index (κ3) is 2.01. The Balaban J connectivity index is 2.32. The summed E-state index contributed by atoms with van der Waals surface area (Å²) in [5, 5.41) is 5.14. The first-order chi connectivity index (χ1) is 9.10. The number of imidazole rings is 1. The summed E-state index contributed by atoms with van der Waals surface area (Å²) in [5.74, 6) is 1.90. The highest BCUT2D eigenvalue weighted by atomic mass is 35.5. The van der Waals surface area contributed by atoms with Crippen LogP contribution in [-0.2, 0) is 12.9 Å². The molecule has 3 aromatic rings. The number of aromatic nitrogens is 4. The van der Waals surface area contributed by atoms with Gasteiger partial charge in [0.15, 0.2) is 5.82 Å². The highest BCUT2D eigenvalue weighted by Gasteiger charge is 2.14. The number of fused-ring (bicyclic) bond motifs is 1. The van der Waals surface area contributed by atoms with Crippen molar-refractivity contribution in [2.75, 3.05) is 0 Å². The van der Waals surface area contributed by atoms with Crippen molar-refractivity contribution in [3.8, 4) is 5.82 Å². The summed E-state index contributed by atoms with van der Waals surface area (Å²) >= 11 is 12.0. The predicted octanol–water partition coefficient (Wildman–Crippen LogP) is 3.46. The minimum Gasteiger partial charge on any atom is -0.278 e. The monoisotopic (exact) mass is 294 g/mol. The first kappa shape index (κ1) is 12.5. The van der Waals surface area contributed by atoms with Crippen LogP contribution in [0.2, 0.25) is 5.02 Å². The topological polar surface area (TPSA) is 35.6 Å². The van der Waals surface area contributed by atoms with E-state index in [0.29, 0.717) is 10.9 Å². The number of hydrogen-bond donors (Lipinski definition) is 0. The van der Waals surface area contributed by atoms with E-state index in [1.807, 2.05) is 47.5 Å². The Morgan fingerprint density at radius 2 is 2.05 bits per heavy atom. The van der Waals surface area contributed by atoms with Crippen LogP contribution in [0.3, 0.4) is 0 Å². The van der Waals surface area contributed by atoms with E-state index in [0.717, 1.165) is 28.4 Å². The second-order valence-electron chi connectivity index (χ2n) is 4.40. The molecule has 0 aliphatic rings. The molecule has 2 heterocycles. The van der Waals surface area contributed by atoms with Crippen molar-refractivity contribution in [2.45, 2.75) is 12.8 Å². The Morgan fingerprint density at radius 3 is 2.68 bits per heavy atom. The van der Waals surface area contributed by atoms with Gasteiger partial charge < -0.3 is 0 Å². The first-order valence-electron chi connectivity index (χ1n) is 5.84. The summed E-state index contributed by atoms with van der Waals surface area (Å²) in [4.78, 5) is 4.50. The molecule has 0 unspecified atom stereocenters. The minimum atomic E-state index is 0.321. The molecule has 3 rings (SSSR count). The first-order valence-corrected chi connectivity index (χ1v) is 6.75. The van der Waals surface area contributed by atoms with Gasteiger partial charge >= 0.3 is 0 Å². The Kier molecular flexibility index (Phi) is 2.99. The van der Waals surface area contributed by atoms with E-state index < -0.39 is 0 Å². The number of benzene rings is 1. The van der Waals surface area contributed by atoms with Gasteiger partial charge in [0.1, 0.15) is 5.82 Å². The van der Waals surface area contributed by atoms with Crippen molar-refractivity contribution in [1.29, 1.82) is 0 Å². The number of halogens is 2. The molecule has 0 aliphatic heterocycles. The van der Waals surface area contributed by atoms with Gasteiger partial charge in [-0.3, -0.25) is 9.25 Å². The summed E-state index contributed by atoms with van der Waals surface area (Å²) in [7, 11) is 1.91. The van der Waals surface area contributed by atoms with Gasteiger partial charge in [-0.2, -0.15) is 5.10 Å². The zero-order valence-electron chi connectivity index (χ0n) is 10.6. The number of aryl methyl sites for hydroxylation is 2. The molecule has 0 fully saturated rings. The summed E-state index contributed by atoms with van der Waals surface area (Å²) in [5.41, 5.74) is 2.86. The Labute approximate surface area is 120 Å². The highest BCUT2D eigenvalue weighted by molar-refractivity contribution is 6.31. The van der Waals surface area contributed by atoms with Crippen LogP contribution in [0.25, 0.3) is 16.9 Å². The summed E-state index contributed by atoms with van der Waals surface area (Å²) in [6.07, 6.45) is 0. The van der Waals surface area contributed by atoms with Crippen LogP contribution in [-0.4, -0.2) is 19.3 Å². The number of nitrogens with zero attached hydrogens (tertiary/aromatic N) is 4. The summed E-state index contributed by atoms with van der Waals surface area (Å²) in [6.45, 7) is 2.01. The second-order valence-corrected chi connectivity index (χ2v) is 5.10. The standard InChI is InChI=1S/C13H12Cl2N4/c1-8-5-12(17-18(8)2)19-11-4-3-9(15)6-10(11)16-13(19)7-14/h3-6H,7H2,1-2H3. The fraction of sp³-hybridized carbons (Fsp3) is 0.231. The van der Waals surface area contributed by atoms with E-state index in [4.69, 9.17) is 23.2 Å². The zero-order chi connectivity index (χ0) is 13.6. The van der Waals surface area contributed by atoms with Gasteiger partial charge in [0.25, 0.3) is 0 Å². The third-order valence-electron chi connectivity index (χ3n) is 3.14. The van der Waals surface area contributed by atoms with Crippen molar-refractivity contribution >= 4 is 34.2 Å². The Hall–Kier alpha value is -1.52. The molecule has 0 radical (unpaired) electrons. The van der Waals surface area contributed by atoms with Crippen molar-refractivity contribution in [3.63, 3.8) is 0 Å². The molecule has 0 N–H and O–H groups in total. The molecule has 0 saturated carbocycles. The van der Waals surface area contributed by atoms with Gasteiger partial charge in [0.05, 0.1) is 16.9 Å². The lowest BCUT2D eigenvalue weighted by molar-refractivity contribution is 0.726. The lowest BCUT2D eigenvalue weighted by Gasteiger charge is -2.03. The minimum absolute atomic E-state index is 0.321. The predicted molar refractivity (Wildman–Crippen MR) is 77.1 cm³/mol. The molecular formula is C13H12Cl2N4. The number of rotatable bonds is 2. The van der Waals surface area contributed by atoms with Gasteiger partial charge in [0, 0.05) is 23.8 Å². The lowest BCUT2D eigenvalue weighted by atomic mass is 10.3. The molecule has 0 amide bonds. The Bertz CT molecular complexity index is 738. The van der Waals surface area contributed by atoms with E-state index in [2.05, 4.69) is 10.1 Å². The number of hydrogen-bond acceptors (Lipinski definition) is 2. The van der Waals surface area contributed by atoms with Crippen LogP contribution in [0.4, 0.5) is 0 Å². The van der Waals surface area contributed by atoms with Gasteiger partial charge in [-0.05, 0) is 25.1 Å². The molecule has 4 nitrogen and oxygen atoms in total. The van der Waals surface area contributed by atoms with Crippen LogP contribution < -0.4 is 0 Å². The molecule has 1 aromatic carbocycles. The second kappa shape index (κ2) is 4.54. The maximum Gasteiger partial charge on any atom is 0.160 e. The van der Waals surface area contributed by atoms with E-state index in [9.17, 15) is 0 Å². The summed E-state index contributed by atoms with van der Waals surface area (Å²) < 4.78 is 3.79. The van der Waals surface area contributed by atoms with Gasteiger partial charge in [-0.15, -0.1) is 11.6 Å². The van der Waals surface area contributed by atoms with Crippen LogP contribution in [0.1, 0.15) is 11.5 Å². The SMILES string of the molecule is Cc1cc(-n2c(CCl)nc3cc(Cl)ccc32)nn1C. The highest BCUT2D eigenvalue weighted by Crippen LogP contribution is 2.24. The van der Waals surface area contributed by atoms with Crippen LogP contribution in [0, 0.1) is 6.92 Å². The van der Waals surface area contributed by atoms with Crippen LogP contribution >= 0.6 is 23.2 Å². The van der Waals surface area contributed by atoms with Crippen molar-refractivity contribution in [3.05, 3.63) is 40.8 Å². The fourth-order valence-corrected chi connectivity index (χ4v) is 2.45. The maximum absolute atomic E-state index is 6.00. The molecule has 0 spiro atoms. The van der Waals surface area contributed by atoms with Gasteiger partial charge in [-0.25, -0.2) is 4.98 Å². The van der Waals surface area contributed by atoms with Gasteiger partial charge in [0.2, 0.25) is 0 Å². The maximum atomic E-state index is 6.00. The molecule has 19 heavy (non-hydrogen) atoms. The lowest BCUT2D eigenvalue weighted by Crippen LogP contribution is -2.01. The van der Waals surface area contributed by atoms with Crippen molar-refractivity contribution < 1.29 is 0 Å². The molecule has 2 aromatic heterocycles. The number of alkyl halides is 1. The molecular weight excluding hydrogens is 283 g/mol. The van der Waals surface area contributed by atoms with E-state index in [1.165, 1.54) is 0 Å². The quantitative estimate of drug-likeness (QED) is 0.679. The third-order valence-corrected chi connectivity index (χ3v) is 3.61. The van der Waals surface area contributed by atoms with Crippen LogP contribution in [0.15, 0.2) is 24.3 Å².